The van der Waals surface area contributed by atoms with Crippen molar-refractivity contribution in [3.05, 3.63) is 57.9 Å². The molecule has 1 saturated heterocycles. The van der Waals surface area contributed by atoms with Crippen LogP contribution in [0.1, 0.15) is 24.5 Å². The van der Waals surface area contributed by atoms with Crippen LogP contribution in [-0.2, 0) is 16.0 Å². The van der Waals surface area contributed by atoms with Gasteiger partial charge in [0.25, 0.3) is 0 Å². The van der Waals surface area contributed by atoms with Crippen LogP contribution in [0.25, 0.3) is 11.0 Å². The van der Waals surface area contributed by atoms with Crippen LogP contribution in [0.5, 0.6) is 17.2 Å². The Morgan fingerprint density at radius 1 is 1.09 bits per heavy atom. The molecule has 1 amide bonds. The van der Waals surface area contributed by atoms with Gasteiger partial charge in [-0.1, -0.05) is 6.92 Å². The van der Waals surface area contributed by atoms with Gasteiger partial charge in [0, 0.05) is 36.6 Å². The Morgan fingerprint density at radius 2 is 1.88 bits per heavy atom. The summed E-state index contributed by atoms with van der Waals surface area (Å²) in [5, 5.41) is 0.790. The van der Waals surface area contributed by atoms with Gasteiger partial charge in [-0.2, -0.15) is 0 Å². The SMILES string of the molecule is CCc1cc2c(C)cc(=O)oc2cc1OC(=O)C1CC(=O)N(c2cc(OC)ccc2OC)C1. The topological polar surface area (TPSA) is 95.3 Å². The Morgan fingerprint density at radius 3 is 2.58 bits per heavy atom. The number of ether oxygens (including phenoxy) is 3. The fraction of sp³-hybridized carbons (Fsp3) is 0.320. The predicted octanol–water partition coefficient (Wildman–Crippen LogP) is 3.64. The number of fused-ring (bicyclic) bond motifs is 1. The second-order valence-electron chi connectivity index (χ2n) is 7.92. The van der Waals surface area contributed by atoms with E-state index in [9.17, 15) is 14.4 Å². The van der Waals surface area contributed by atoms with Crippen LogP contribution < -0.4 is 24.7 Å². The van der Waals surface area contributed by atoms with E-state index in [1.807, 2.05) is 19.9 Å². The summed E-state index contributed by atoms with van der Waals surface area (Å²) in [4.78, 5) is 39.0. The lowest BCUT2D eigenvalue weighted by atomic mass is 10.0. The number of hydrogen-bond acceptors (Lipinski definition) is 7. The van der Waals surface area contributed by atoms with Gasteiger partial charge >= 0.3 is 11.6 Å². The minimum absolute atomic E-state index is 0.0163. The zero-order valence-electron chi connectivity index (χ0n) is 19.0. The van der Waals surface area contributed by atoms with Crippen molar-refractivity contribution in [3.63, 3.8) is 0 Å². The Labute approximate surface area is 190 Å². The molecular formula is C25H25NO7. The Kier molecular flexibility index (Phi) is 6.09. The van der Waals surface area contributed by atoms with Gasteiger partial charge in [-0.15, -0.1) is 0 Å². The van der Waals surface area contributed by atoms with Crippen molar-refractivity contribution in [2.75, 3.05) is 25.7 Å². The van der Waals surface area contributed by atoms with E-state index < -0.39 is 17.5 Å². The summed E-state index contributed by atoms with van der Waals surface area (Å²) in [6, 6.07) is 10.0. The second-order valence-corrected chi connectivity index (χ2v) is 7.92. The standard InChI is InChI=1S/C25H25NO7/c1-5-15-9-18-14(2)8-24(28)32-22(18)12-21(15)33-25(29)16-10-23(27)26(13-16)19-11-17(30-3)6-7-20(19)31-4/h6-9,11-12,16H,5,10,13H2,1-4H3. The lowest BCUT2D eigenvalue weighted by Crippen LogP contribution is -2.27. The molecule has 1 unspecified atom stereocenters. The first-order valence-electron chi connectivity index (χ1n) is 10.7. The summed E-state index contributed by atoms with van der Waals surface area (Å²) in [5.74, 6) is 0.0274. The summed E-state index contributed by atoms with van der Waals surface area (Å²) in [5.41, 5.74) is 2.02. The molecule has 172 valence electrons. The third-order valence-electron chi connectivity index (χ3n) is 5.86. The minimum atomic E-state index is -0.654. The number of anilines is 1. The number of methoxy groups -OCH3 is 2. The van der Waals surface area contributed by atoms with Crippen molar-refractivity contribution in [2.45, 2.75) is 26.7 Å². The minimum Gasteiger partial charge on any atom is -0.497 e. The Balaban J connectivity index is 1.60. The Bertz CT molecular complexity index is 1290. The molecular weight excluding hydrogens is 426 g/mol. The molecule has 0 spiro atoms. The fourth-order valence-corrected chi connectivity index (χ4v) is 4.06. The van der Waals surface area contributed by atoms with E-state index in [1.54, 1.807) is 24.3 Å². The van der Waals surface area contributed by atoms with E-state index in [0.29, 0.717) is 34.9 Å². The number of hydrogen-bond donors (Lipinski definition) is 0. The maximum atomic E-state index is 13.0. The average Bonchev–Trinajstić information content (AvgIpc) is 3.19. The summed E-state index contributed by atoms with van der Waals surface area (Å²) in [7, 11) is 3.06. The number of esters is 1. The Hall–Kier alpha value is -3.81. The molecule has 1 atom stereocenters. The average molecular weight is 451 g/mol. The highest BCUT2D eigenvalue weighted by Gasteiger charge is 2.38. The van der Waals surface area contributed by atoms with Gasteiger partial charge in [-0.3, -0.25) is 9.59 Å². The highest BCUT2D eigenvalue weighted by molar-refractivity contribution is 6.01. The molecule has 0 bridgehead atoms. The van der Waals surface area contributed by atoms with E-state index in [1.165, 1.54) is 25.2 Å². The van der Waals surface area contributed by atoms with Crippen LogP contribution in [-0.4, -0.2) is 32.6 Å². The molecule has 0 N–H and O–H groups in total. The number of rotatable bonds is 6. The van der Waals surface area contributed by atoms with E-state index in [-0.39, 0.29) is 18.9 Å². The summed E-state index contributed by atoms with van der Waals surface area (Å²) in [6.07, 6.45) is 0.635. The van der Waals surface area contributed by atoms with E-state index in [0.717, 1.165) is 16.5 Å². The van der Waals surface area contributed by atoms with Crippen LogP contribution >= 0.6 is 0 Å². The molecule has 0 saturated carbocycles. The first kappa shape index (κ1) is 22.4. The van der Waals surface area contributed by atoms with Crippen molar-refractivity contribution >= 4 is 28.5 Å². The molecule has 1 aliphatic rings. The number of carbonyl (C=O) groups is 2. The van der Waals surface area contributed by atoms with E-state index in [4.69, 9.17) is 18.6 Å². The summed E-state index contributed by atoms with van der Waals surface area (Å²) < 4.78 is 21.6. The predicted molar refractivity (Wildman–Crippen MR) is 122 cm³/mol. The zero-order valence-corrected chi connectivity index (χ0v) is 19.0. The van der Waals surface area contributed by atoms with Gasteiger partial charge in [0.1, 0.15) is 22.8 Å². The number of aryl methyl sites for hydroxylation is 2. The molecule has 1 aliphatic heterocycles. The smallest absolute Gasteiger partial charge is 0.336 e. The molecule has 33 heavy (non-hydrogen) atoms. The van der Waals surface area contributed by atoms with Crippen molar-refractivity contribution in [1.29, 1.82) is 0 Å². The maximum Gasteiger partial charge on any atom is 0.336 e. The van der Waals surface area contributed by atoms with Gasteiger partial charge in [-0.25, -0.2) is 4.79 Å². The first-order valence-corrected chi connectivity index (χ1v) is 10.7. The monoisotopic (exact) mass is 451 g/mol. The van der Waals surface area contributed by atoms with Crippen molar-refractivity contribution in [2.24, 2.45) is 5.92 Å². The highest BCUT2D eigenvalue weighted by Crippen LogP contribution is 2.37. The first-order chi connectivity index (χ1) is 15.8. The van der Waals surface area contributed by atoms with Gasteiger partial charge in [0.2, 0.25) is 5.91 Å². The molecule has 8 heteroatoms. The zero-order chi connectivity index (χ0) is 23.7. The molecule has 8 nitrogen and oxygen atoms in total. The number of benzene rings is 2. The van der Waals surface area contributed by atoms with Crippen LogP contribution in [0, 0.1) is 12.8 Å². The molecule has 0 aliphatic carbocycles. The molecule has 1 fully saturated rings. The summed E-state index contributed by atoms with van der Waals surface area (Å²) in [6.45, 7) is 3.93. The highest BCUT2D eigenvalue weighted by atomic mass is 16.5. The third-order valence-corrected chi connectivity index (χ3v) is 5.86. The van der Waals surface area contributed by atoms with Gasteiger partial charge in [-0.05, 0) is 42.7 Å². The molecule has 1 aromatic heterocycles. The van der Waals surface area contributed by atoms with E-state index in [2.05, 4.69) is 0 Å². The normalized spacial score (nSPS) is 15.7. The van der Waals surface area contributed by atoms with Crippen LogP contribution in [0.2, 0.25) is 0 Å². The van der Waals surface area contributed by atoms with Gasteiger partial charge in [0.05, 0.1) is 25.8 Å². The van der Waals surface area contributed by atoms with Crippen LogP contribution in [0.4, 0.5) is 5.69 Å². The fourth-order valence-electron chi connectivity index (χ4n) is 4.06. The van der Waals surface area contributed by atoms with Crippen molar-refractivity contribution < 1.29 is 28.2 Å². The lowest BCUT2D eigenvalue weighted by Gasteiger charge is -2.20. The maximum absolute atomic E-state index is 13.0. The molecule has 4 rings (SSSR count). The van der Waals surface area contributed by atoms with E-state index >= 15 is 0 Å². The van der Waals surface area contributed by atoms with Crippen molar-refractivity contribution in [1.82, 2.24) is 0 Å². The third kappa shape index (κ3) is 4.28. The number of nitrogens with zero attached hydrogens (tertiary/aromatic N) is 1. The van der Waals surface area contributed by atoms with Crippen LogP contribution in [0.3, 0.4) is 0 Å². The molecule has 2 heterocycles. The number of carbonyl (C=O) groups excluding carboxylic acids is 2. The largest absolute Gasteiger partial charge is 0.497 e. The molecule has 0 radical (unpaired) electrons. The molecule has 2 aromatic carbocycles. The quantitative estimate of drug-likeness (QED) is 0.321. The summed E-state index contributed by atoms with van der Waals surface area (Å²) >= 11 is 0. The second kappa shape index (κ2) is 8.97. The van der Waals surface area contributed by atoms with Crippen molar-refractivity contribution in [3.8, 4) is 17.2 Å². The molecule has 3 aromatic rings. The van der Waals surface area contributed by atoms with Crippen LogP contribution in [0.15, 0.2) is 45.6 Å². The lowest BCUT2D eigenvalue weighted by molar-refractivity contribution is -0.139. The van der Waals surface area contributed by atoms with Gasteiger partial charge in [0.15, 0.2) is 0 Å². The van der Waals surface area contributed by atoms with Gasteiger partial charge < -0.3 is 23.5 Å². The number of amides is 1.